The Hall–Kier alpha value is -0.840. The van der Waals surface area contributed by atoms with Gasteiger partial charge >= 0.3 is 0 Å². The zero-order valence-corrected chi connectivity index (χ0v) is 10.4. The van der Waals surface area contributed by atoms with E-state index < -0.39 is 5.82 Å². The summed E-state index contributed by atoms with van der Waals surface area (Å²) in [5.74, 6) is -0.737. The molecule has 92 valence electrons. The van der Waals surface area contributed by atoms with Crippen LogP contribution < -0.4 is 10.6 Å². The van der Waals surface area contributed by atoms with Gasteiger partial charge in [0, 0.05) is 13.0 Å². The second-order valence-electron chi connectivity index (χ2n) is 4.00. The summed E-state index contributed by atoms with van der Waals surface area (Å²) in [6.07, 6.45) is 0.343. The highest BCUT2D eigenvalue weighted by atomic mass is 35.5. The van der Waals surface area contributed by atoms with Gasteiger partial charge in [-0.2, -0.15) is 0 Å². The molecule has 1 heterocycles. The lowest BCUT2D eigenvalue weighted by atomic mass is 10.1. The highest BCUT2D eigenvalue weighted by Gasteiger charge is 2.31. The molecule has 1 aliphatic heterocycles. The standard InChI is InChI=1S/C11H11Cl2FN2O/c12-7-1-2-8(11(14)10(7)13)16-5-6(4-15)3-9(16)17/h1-2,6H,3-5,15H2. The lowest BCUT2D eigenvalue weighted by molar-refractivity contribution is -0.117. The van der Waals surface area contributed by atoms with E-state index in [1.54, 1.807) is 0 Å². The predicted octanol–water partition coefficient (Wildman–Crippen LogP) is 2.44. The van der Waals surface area contributed by atoms with E-state index >= 15 is 0 Å². The fourth-order valence-electron chi connectivity index (χ4n) is 1.90. The average Bonchev–Trinajstić information content (AvgIpc) is 2.68. The second-order valence-corrected chi connectivity index (χ2v) is 4.79. The van der Waals surface area contributed by atoms with Crippen LogP contribution in [0.25, 0.3) is 0 Å². The molecule has 3 nitrogen and oxygen atoms in total. The summed E-state index contributed by atoms with van der Waals surface area (Å²) < 4.78 is 13.9. The quantitative estimate of drug-likeness (QED) is 0.844. The van der Waals surface area contributed by atoms with Gasteiger partial charge in [0.25, 0.3) is 0 Å². The summed E-state index contributed by atoms with van der Waals surface area (Å²) in [4.78, 5) is 13.1. The number of rotatable bonds is 2. The smallest absolute Gasteiger partial charge is 0.227 e. The van der Waals surface area contributed by atoms with E-state index in [4.69, 9.17) is 28.9 Å². The number of nitrogens with zero attached hydrogens (tertiary/aromatic N) is 1. The number of benzene rings is 1. The molecule has 0 radical (unpaired) electrons. The third kappa shape index (κ3) is 2.25. The topological polar surface area (TPSA) is 46.3 Å². The van der Waals surface area contributed by atoms with E-state index in [1.807, 2.05) is 0 Å². The Morgan fingerprint density at radius 1 is 1.47 bits per heavy atom. The maximum Gasteiger partial charge on any atom is 0.227 e. The lowest BCUT2D eigenvalue weighted by Crippen LogP contribution is -2.26. The Balaban J connectivity index is 2.35. The van der Waals surface area contributed by atoms with Crippen molar-refractivity contribution in [1.29, 1.82) is 0 Å². The van der Waals surface area contributed by atoms with Gasteiger partial charge in [0.2, 0.25) is 5.91 Å². The van der Waals surface area contributed by atoms with Gasteiger partial charge in [-0.3, -0.25) is 4.79 Å². The van der Waals surface area contributed by atoms with Crippen LogP contribution in [0, 0.1) is 11.7 Å². The molecule has 0 aromatic heterocycles. The molecule has 0 saturated carbocycles. The number of halogens is 3. The molecule has 1 atom stereocenters. The first-order chi connectivity index (χ1) is 8.04. The van der Waals surface area contributed by atoms with Crippen LogP contribution in [0.2, 0.25) is 10.0 Å². The Kier molecular flexibility index (Phi) is 3.56. The molecule has 0 aliphatic carbocycles. The first kappa shape index (κ1) is 12.6. The second kappa shape index (κ2) is 4.80. The van der Waals surface area contributed by atoms with E-state index in [0.717, 1.165) is 0 Å². The lowest BCUT2D eigenvalue weighted by Gasteiger charge is -2.18. The van der Waals surface area contributed by atoms with E-state index in [9.17, 15) is 9.18 Å². The zero-order chi connectivity index (χ0) is 12.6. The number of carbonyl (C=O) groups is 1. The number of carbonyl (C=O) groups excluding carboxylic acids is 1. The maximum absolute atomic E-state index is 13.9. The number of hydrogen-bond acceptors (Lipinski definition) is 2. The van der Waals surface area contributed by atoms with Crippen molar-refractivity contribution in [2.75, 3.05) is 18.0 Å². The normalized spacial score (nSPS) is 20.1. The van der Waals surface area contributed by atoms with Crippen molar-refractivity contribution in [1.82, 2.24) is 0 Å². The highest BCUT2D eigenvalue weighted by Crippen LogP contribution is 2.34. The van der Waals surface area contributed by atoms with Gasteiger partial charge in [-0.1, -0.05) is 23.2 Å². The van der Waals surface area contributed by atoms with Crippen LogP contribution in [-0.4, -0.2) is 19.0 Å². The first-order valence-corrected chi connectivity index (χ1v) is 5.94. The monoisotopic (exact) mass is 276 g/mol. The van der Waals surface area contributed by atoms with Crippen molar-refractivity contribution < 1.29 is 9.18 Å². The Morgan fingerprint density at radius 2 is 2.18 bits per heavy atom. The van der Waals surface area contributed by atoms with Gasteiger partial charge in [-0.05, 0) is 24.6 Å². The number of anilines is 1. The van der Waals surface area contributed by atoms with Crippen LogP contribution in [0.3, 0.4) is 0 Å². The van der Waals surface area contributed by atoms with Crippen LogP contribution in [0.15, 0.2) is 12.1 Å². The van der Waals surface area contributed by atoms with Crippen molar-refractivity contribution in [2.24, 2.45) is 11.7 Å². The Bertz CT molecular complexity index is 467. The van der Waals surface area contributed by atoms with Crippen LogP contribution in [0.4, 0.5) is 10.1 Å². The highest BCUT2D eigenvalue weighted by molar-refractivity contribution is 6.42. The molecule has 1 aliphatic rings. The number of nitrogens with two attached hydrogens (primary N) is 1. The van der Waals surface area contributed by atoms with Crippen LogP contribution in [0.5, 0.6) is 0 Å². The van der Waals surface area contributed by atoms with Crippen molar-refractivity contribution >= 4 is 34.8 Å². The van der Waals surface area contributed by atoms with E-state index in [0.29, 0.717) is 19.5 Å². The largest absolute Gasteiger partial charge is 0.330 e. The molecule has 1 aromatic rings. The predicted molar refractivity (Wildman–Crippen MR) is 65.9 cm³/mol. The molecule has 1 fully saturated rings. The van der Waals surface area contributed by atoms with Crippen molar-refractivity contribution in [3.8, 4) is 0 Å². The van der Waals surface area contributed by atoms with Gasteiger partial charge in [-0.25, -0.2) is 4.39 Å². The maximum atomic E-state index is 13.9. The molecule has 1 unspecified atom stereocenters. The summed E-state index contributed by atoms with van der Waals surface area (Å²) in [5, 5.41) is -0.0249. The van der Waals surface area contributed by atoms with E-state index in [2.05, 4.69) is 0 Å². The van der Waals surface area contributed by atoms with Gasteiger partial charge in [0.15, 0.2) is 5.82 Å². The molecule has 0 spiro atoms. The van der Waals surface area contributed by atoms with Gasteiger partial charge in [0.05, 0.1) is 15.7 Å². The third-order valence-electron chi connectivity index (χ3n) is 2.84. The summed E-state index contributed by atoms with van der Waals surface area (Å²) in [7, 11) is 0. The van der Waals surface area contributed by atoms with Crippen molar-refractivity contribution in [3.05, 3.63) is 28.0 Å². The van der Waals surface area contributed by atoms with Crippen LogP contribution in [0.1, 0.15) is 6.42 Å². The average molecular weight is 277 g/mol. The Morgan fingerprint density at radius 3 is 2.76 bits per heavy atom. The fourth-order valence-corrected chi connectivity index (χ4v) is 2.20. The summed E-state index contributed by atoms with van der Waals surface area (Å²) in [6, 6.07) is 2.94. The molecule has 1 saturated heterocycles. The minimum atomic E-state index is -0.662. The molecule has 2 rings (SSSR count). The van der Waals surface area contributed by atoms with Crippen molar-refractivity contribution in [2.45, 2.75) is 6.42 Å². The molecular formula is C11H11Cl2FN2O. The SMILES string of the molecule is NCC1CC(=O)N(c2ccc(Cl)c(Cl)c2F)C1. The Labute approximate surface area is 108 Å². The molecule has 17 heavy (non-hydrogen) atoms. The number of amides is 1. The van der Waals surface area contributed by atoms with Crippen LogP contribution in [-0.2, 0) is 4.79 Å². The van der Waals surface area contributed by atoms with Gasteiger partial charge in [-0.15, -0.1) is 0 Å². The summed E-state index contributed by atoms with van der Waals surface area (Å²) in [5.41, 5.74) is 5.68. The molecule has 6 heteroatoms. The first-order valence-electron chi connectivity index (χ1n) is 5.18. The van der Waals surface area contributed by atoms with Crippen molar-refractivity contribution in [3.63, 3.8) is 0 Å². The number of hydrogen-bond donors (Lipinski definition) is 1. The molecule has 1 aromatic carbocycles. The minimum Gasteiger partial charge on any atom is -0.330 e. The minimum absolute atomic E-state index is 0.0661. The molecule has 0 bridgehead atoms. The molecular weight excluding hydrogens is 266 g/mol. The van der Waals surface area contributed by atoms with E-state index in [1.165, 1.54) is 17.0 Å². The summed E-state index contributed by atoms with van der Waals surface area (Å²) in [6.45, 7) is 0.829. The van der Waals surface area contributed by atoms with Gasteiger partial charge in [0.1, 0.15) is 0 Å². The molecule has 2 N–H and O–H groups in total. The molecule has 1 amide bonds. The fraction of sp³-hybridized carbons (Fsp3) is 0.364. The van der Waals surface area contributed by atoms with Gasteiger partial charge < -0.3 is 10.6 Å². The van der Waals surface area contributed by atoms with Crippen LogP contribution >= 0.6 is 23.2 Å². The zero-order valence-electron chi connectivity index (χ0n) is 8.92. The third-order valence-corrected chi connectivity index (χ3v) is 3.63. The summed E-state index contributed by atoms with van der Waals surface area (Å²) >= 11 is 11.4. The van der Waals surface area contributed by atoms with E-state index in [-0.39, 0.29) is 27.6 Å².